The van der Waals surface area contributed by atoms with Gasteiger partial charge in [0.05, 0.1) is 6.21 Å². The average Bonchev–Trinajstić information content (AvgIpc) is 2.69. The van der Waals surface area contributed by atoms with Gasteiger partial charge in [-0.3, -0.25) is 5.43 Å². The number of benzene rings is 2. The monoisotopic (exact) mass is 401 g/mol. The maximum Gasteiger partial charge on any atom is 0.187 e. The lowest BCUT2D eigenvalue weighted by molar-refractivity contribution is 0.306. The van der Waals surface area contributed by atoms with Gasteiger partial charge in [-0.05, 0) is 43.3 Å². The molecule has 2 aromatic carbocycles. The maximum absolute atomic E-state index is 6.19. The van der Waals surface area contributed by atoms with E-state index in [2.05, 4.69) is 15.8 Å². The fraction of sp³-hybridized carbons (Fsp3) is 0.333. The first-order valence-electron chi connectivity index (χ1n) is 9.27. The molecule has 0 spiro atoms. The Labute approximate surface area is 171 Å². The fourth-order valence-electron chi connectivity index (χ4n) is 3.11. The average molecular weight is 402 g/mol. The standard InChI is InChI=1S/C21H24ClN3OS/c22-19-12-6-4-9-17(19)15-26-20-13-7-5-8-16(20)14-23-25-21(27)24-18-10-2-1-3-11-18/h4-9,12-14,18H,1-3,10-11,15H2,(H2,24,25,27)/b23-14+. The van der Waals surface area contributed by atoms with Crippen molar-refractivity contribution in [3.63, 3.8) is 0 Å². The van der Waals surface area contributed by atoms with E-state index in [1.54, 1.807) is 6.21 Å². The van der Waals surface area contributed by atoms with Crippen LogP contribution in [-0.4, -0.2) is 17.4 Å². The molecule has 0 radical (unpaired) electrons. The number of nitrogens with zero attached hydrogens (tertiary/aromatic N) is 1. The Morgan fingerprint density at radius 3 is 2.67 bits per heavy atom. The van der Waals surface area contributed by atoms with Crippen molar-refractivity contribution in [2.24, 2.45) is 5.10 Å². The zero-order valence-electron chi connectivity index (χ0n) is 15.2. The van der Waals surface area contributed by atoms with E-state index in [-0.39, 0.29) is 0 Å². The minimum Gasteiger partial charge on any atom is -0.488 e. The number of nitrogens with one attached hydrogen (secondary N) is 2. The van der Waals surface area contributed by atoms with Crippen molar-refractivity contribution >= 4 is 35.1 Å². The van der Waals surface area contributed by atoms with Gasteiger partial charge < -0.3 is 10.1 Å². The van der Waals surface area contributed by atoms with Gasteiger partial charge in [0, 0.05) is 22.2 Å². The zero-order chi connectivity index (χ0) is 18.9. The quantitative estimate of drug-likeness (QED) is 0.404. The first kappa shape index (κ1) is 19.6. The van der Waals surface area contributed by atoms with Gasteiger partial charge in [0.2, 0.25) is 0 Å². The molecule has 2 N–H and O–H groups in total. The summed E-state index contributed by atoms with van der Waals surface area (Å²) >= 11 is 11.5. The third-order valence-electron chi connectivity index (χ3n) is 4.57. The number of para-hydroxylation sites is 1. The number of hydrogen-bond acceptors (Lipinski definition) is 3. The van der Waals surface area contributed by atoms with Crippen LogP contribution in [0.15, 0.2) is 53.6 Å². The largest absolute Gasteiger partial charge is 0.488 e. The van der Waals surface area contributed by atoms with Crippen LogP contribution in [0, 0.1) is 0 Å². The van der Waals surface area contributed by atoms with Crippen LogP contribution in [-0.2, 0) is 6.61 Å². The highest BCUT2D eigenvalue weighted by atomic mass is 35.5. The van der Waals surface area contributed by atoms with Gasteiger partial charge in [-0.15, -0.1) is 0 Å². The van der Waals surface area contributed by atoms with E-state index in [1.807, 2.05) is 48.5 Å². The number of halogens is 1. The molecule has 0 aliphatic heterocycles. The van der Waals surface area contributed by atoms with Crippen molar-refractivity contribution in [3.8, 4) is 5.75 Å². The predicted octanol–water partition coefficient (Wildman–Crippen LogP) is 5.05. The Bertz CT molecular complexity index is 791. The molecular formula is C21H24ClN3OS. The molecule has 142 valence electrons. The molecule has 27 heavy (non-hydrogen) atoms. The van der Waals surface area contributed by atoms with Gasteiger partial charge in [0.25, 0.3) is 0 Å². The second kappa shape index (κ2) is 10.3. The van der Waals surface area contributed by atoms with Crippen molar-refractivity contribution < 1.29 is 4.74 Å². The molecule has 3 rings (SSSR count). The van der Waals surface area contributed by atoms with E-state index in [4.69, 9.17) is 28.6 Å². The predicted molar refractivity (Wildman–Crippen MR) is 116 cm³/mol. The summed E-state index contributed by atoms with van der Waals surface area (Å²) in [7, 11) is 0. The highest BCUT2D eigenvalue weighted by molar-refractivity contribution is 7.80. The summed E-state index contributed by atoms with van der Waals surface area (Å²) in [5.41, 5.74) is 4.72. The number of rotatable bonds is 6. The third kappa shape index (κ3) is 6.22. The molecule has 0 aromatic heterocycles. The van der Waals surface area contributed by atoms with Crippen LogP contribution in [0.2, 0.25) is 5.02 Å². The van der Waals surface area contributed by atoms with Crippen molar-refractivity contribution in [2.75, 3.05) is 0 Å². The van der Waals surface area contributed by atoms with Gasteiger partial charge in [-0.2, -0.15) is 5.10 Å². The minimum absolute atomic E-state index is 0.402. The van der Waals surface area contributed by atoms with Crippen molar-refractivity contribution in [1.29, 1.82) is 0 Å². The number of ether oxygens (including phenoxy) is 1. The maximum atomic E-state index is 6.19. The Morgan fingerprint density at radius 2 is 1.85 bits per heavy atom. The molecule has 1 fully saturated rings. The SMILES string of the molecule is S=C(N/N=C/c1ccccc1OCc1ccccc1Cl)NC1CCCCC1. The van der Waals surface area contributed by atoms with Crippen molar-refractivity contribution in [1.82, 2.24) is 10.7 Å². The van der Waals surface area contributed by atoms with Crippen LogP contribution in [0.3, 0.4) is 0 Å². The molecular weight excluding hydrogens is 378 g/mol. The second-order valence-electron chi connectivity index (χ2n) is 6.60. The molecule has 0 saturated heterocycles. The van der Waals surface area contributed by atoms with Crippen LogP contribution in [0.1, 0.15) is 43.2 Å². The van der Waals surface area contributed by atoms with Crippen LogP contribution >= 0.6 is 23.8 Å². The van der Waals surface area contributed by atoms with E-state index < -0.39 is 0 Å². The van der Waals surface area contributed by atoms with Gasteiger partial charge >= 0.3 is 0 Å². The van der Waals surface area contributed by atoms with E-state index >= 15 is 0 Å². The molecule has 0 bridgehead atoms. The van der Waals surface area contributed by atoms with E-state index in [0.717, 1.165) is 16.9 Å². The summed E-state index contributed by atoms with van der Waals surface area (Å²) in [6, 6.07) is 15.9. The molecule has 0 atom stereocenters. The van der Waals surface area contributed by atoms with Gasteiger partial charge in [-0.1, -0.05) is 61.2 Å². The topological polar surface area (TPSA) is 45.7 Å². The van der Waals surface area contributed by atoms with Crippen LogP contribution < -0.4 is 15.5 Å². The van der Waals surface area contributed by atoms with E-state index in [1.165, 1.54) is 32.1 Å². The molecule has 0 unspecified atom stereocenters. The summed E-state index contributed by atoms with van der Waals surface area (Å²) in [6.07, 6.45) is 7.91. The first-order chi connectivity index (χ1) is 13.2. The summed E-state index contributed by atoms with van der Waals surface area (Å²) in [5, 5.41) is 8.85. The summed E-state index contributed by atoms with van der Waals surface area (Å²) in [5.74, 6) is 0.745. The Hall–Kier alpha value is -2.11. The van der Waals surface area contributed by atoms with Crippen molar-refractivity contribution in [3.05, 3.63) is 64.7 Å². The number of thiocarbonyl (C=S) groups is 1. The highest BCUT2D eigenvalue weighted by Gasteiger charge is 2.13. The van der Waals surface area contributed by atoms with Gasteiger partial charge in [0.1, 0.15) is 12.4 Å². The molecule has 1 aliphatic carbocycles. The molecule has 1 saturated carbocycles. The van der Waals surface area contributed by atoms with Crippen molar-refractivity contribution in [2.45, 2.75) is 44.8 Å². The Morgan fingerprint density at radius 1 is 1.11 bits per heavy atom. The molecule has 0 heterocycles. The Balaban J connectivity index is 1.54. The molecule has 0 amide bonds. The minimum atomic E-state index is 0.402. The fourth-order valence-corrected chi connectivity index (χ4v) is 3.52. The molecule has 4 nitrogen and oxygen atoms in total. The zero-order valence-corrected chi connectivity index (χ0v) is 16.7. The second-order valence-corrected chi connectivity index (χ2v) is 7.41. The first-order valence-corrected chi connectivity index (χ1v) is 10.1. The lowest BCUT2D eigenvalue weighted by atomic mass is 9.96. The molecule has 1 aliphatic rings. The van der Waals surface area contributed by atoms with Crippen LogP contribution in [0.4, 0.5) is 0 Å². The Kier molecular flexibility index (Phi) is 7.48. The summed E-state index contributed by atoms with van der Waals surface area (Å²) < 4.78 is 5.93. The van der Waals surface area contributed by atoms with Crippen LogP contribution in [0.5, 0.6) is 5.75 Å². The lowest BCUT2D eigenvalue weighted by Gasteiger charge is -2.23. The highest BCUT2D eigenvalue weighted by Crippen LogP contribution is 2.21. The lowest BCUT2D eigenvalue weighted by Crippen LogP contribution is -2.40. The van der Waals surface area contributed by atoms with Crippen LogP contribution in [0.25, 0.3) is 0 Å². The van der Waals surface area contributed by atoms with E-state index in [0.29, 0.717) is 22.8 Å². The summed E-state index contributed by atoms with van der Waals surface area (Å²) in [4.78, 5) is 0. The molecule has 6 heteroatoms. The number of hydrazone groups is 1. The third-order valence-corrected chi connectivity index (χ3v) is 5.15. The number of hydrogen-bond donors (Lipinski definition) is 2. The van der Waals surface area contributed by atoms with E-state index in [9.17, 15) is 0 Å². The van der Waals surface area contributed by atoms with Gasteiger partial charge in [0.15, 0.2) is 5.11 Å². The smallest absolute Gasteiger partial charge is 0.187 e. The normalized spacial score (nSPS) is 14.9. The van der Waals surface area contributed by atoms with Gasteiger partial charge in [-0.25, -0.2) is 0 Å². The molecule has 2 aromatic rings. The summed E-state index contributed by atoms with van der Waals surface area (Å²) in [6.45, 7) is 0.402.